The van der Waals surface area contributed by atoms with Gasteiger partial charge in [-0.1, -0.05) is 32.9 Å². The number of ether oxygens (including phenoxy) is 2. The molecule has 19 heavy (non-hydrogen) atoms. The first-order chi connectivity index (χ1) is 8.88. The molecule has 0 spiro atoms. The lowest BCUT2D eigenvalue weighted by Crippen LogP contribution is -2.30. The van der Waals surface area contributed by atoms with Crippen molar-refractivity contribution in [3.8, 4) is 5.75 Å². The van der Waals surface area contributed by atoms with Gasteiger partial charge < -0.3 is 15.2 Å². The average Bonchev–Trinajstić information content (AvgIpc) is 2.33. The molecule has 0 aromatic heterocycles. The fourth-order valence-corrected chi connectivity index (χ4v) is 1.97. The highest BCUT2D eigenvalue weighted by Crippen LogP contribution is 2.32. The molecule has 1 aromatic carbocycles. The molecule has 1 atom stereocenters. The molecule has 0 amide bonds. The van der Waals surface area contributed by atoms with Crippen LogP contribution in [0.4, 0.5) is 0 Å². The van der Waals surface area contributed by atoms with Crippen LogP contribution < -0.4 is 10.5 Å². The summed E-state index contributed by atoms with van der Waals surface area (Å²) in [5.41, 5.74) is 8.15. The van der Waals surface area contributed by atoms with Crippen LogP contribution in [0.15, 0.2) is 18.2 Å². The van der Waals surface area contributed by atoms with Crippen molar-refractivity contribution in [2.24, 2.45) is 5.73 Å². The zero-order valence-electron chi connectivity index (χ0n) is 12.8. The Morgan fingerprint density at radius 2 is 1.95 bits per heavy atom. The van der Waals surface area contributed by atoms with Crippen LogP contribution in [0.25, 0.3) is 0 Å². The lowest BCUT2D eigenvalue weighted by Gasteiger charge is -2.24. The molecule has 3 nitrogen and oxygen atoms in total. The predicted octanol–water partition coefficient (Wildman–Crippen LogP) is 3.04. The smallest absolute Gasteiger partial charge is 0.123 e. The van der Waals surface area contributed by atoms with Crippen LogP contribution in [0.3, 0.4) is 0 Å². The van der Waals surface area contributed by atoms with Gasteiger partial charge in [-0.2, -0.15) is 0 Å². The van der Waals surface area contributed by atoms with E-state index in [2.05, 4.69) is 45.9 Å². The summed E-state index contributed by atoms with van der Waals surface area (Å²) in [4.78, 5) is 0. The molecular weight excluding hydrogens is 238 g/mol. The summed E-state index contributed by atoms with van der Waals surface area (Å²) < 4.78 is 11.5. The normalized spacial score (nSPS) is 13.4. The van der Waals surface area contributed by atoms with Gasteiger partial charge in [0, 0.05) is 13.2 Å². The van der Waals surface area contributed by atoms with Crippen molar-refractivity contribution in [3.05, 3.63) is 29.3 Å². The Morgan fingerprint density at radius 1 is 1.26 bits per heavy atom. The van der Waals surface area contributed by atoms with Crippen LogP contribution in [0.1, 0.15) is 38.8 Å². The lowest BCUT2D eigenvalue weighted by atomic mass is 9.86. The van der Waals surface area contributed by atoms with E-state index >= 15 is 0 Å². The van der Waals surface area contributed by atoms with Crippen molar-refractivity contribution >= 4 is 0 Å². The Hall–Kier alpha value is -1.06. The van der Waals surface area contributed by atoms with Crippen LogP contribution in [0.2, 0.25) is 0 Å². The standard InChI is InChI=1S/C16H27NO2/c1-6-18-13(10-17)11-19-15-9-12(2)7-8-14(15)16(3,4)5/h7-9,13H,6,10-11,17H2,1-5H3. The Balaban J connectivity index is 2.84. The molecule has 0 saturated heterocycles. The van der Waals surface area contributed by atoms with E-state index in [0.29, 0.717) is 19.8 Å². The summed E-state index contributed by atoms with van der Waals surface area (Å²) in [7, 11) is 0. The molecule has 0 heterocycles. The molecule has 0 saturated carbocycles. The lowest BCUT2D eigenvalue weighted by molar-refractivity contribution is 0.0332. The number of aryl methyl sites for hydroxylation is 1. The minimum atomic E-state index is -0.0432. The maximum Gasteiger partial charge on any atom is 0.123 e. The van der Waals surface area contributed by atoms with Crippen LogP contribution in [0, 0.1) is 6.92 Å². The van der Waals surface area contributed by atoms with Gasteiger partial charge in [-0.25, -0.2) is 0 Å². The average molecular weight is 265 g/mol. The first-order valence-electron chi connectivity index (χ1n) is 6.94. The zero-order valence-corrected chi connectivity index (χ0v) is 12.8. The van der Waals surface area contributed by atoms with E-state index in [-0.39, 0.29) is 11.5 Å². The van der Waals surface area contributed by atoms with Crippen LogP contribution in [-0.4, -0.2) is 25.9 Å². The molecule has 108 valence electrons. The second kappa shape index (κ2) is 6.92. The second-order valence-corrected chi connectivity index (χ2v) is 5.87. The maximum atomic E-state index is 5.95. The van der Waals surface area contributed by atoms with Gasteiger partial charge in [0.25, 0.3) is 0 Å². The van der Waals surface area contributed by atoms with E-state index in [1.165, 1.54) is 11.1 Å². The zero-order chi connectivity index (χ0) is 14.5. The molecule has 1 aromatic rings. The third-order valence-corrected chi connectivity index (χ3v) is 3.04. The molecule has 0 fully saturated rings. The highest BCUT2D eigenvalue weighted by molar-refractivity contribution is 5.41. The predicted molar refractivity (Wildman–Crippen MR) is 79.8 cm³/mol. The van der Waals surface area contributed by atoms with Crippen molar-refractivity contribution < 1.29 is 9.47 Å². The van der Waals surface area contributed by atoms with E-state index in [4.69, 9.17) is 15.2 Å². The van der Waals surface area contributed by atoms with Crippen molar-refractivity contribution in [1.82, 2.24) is 0 Å². The van der Waals surface area contributed by atoms with Crippen molar-refractivity contribution in [2.45, 2.75) is 46.1 Å². The third-order valence-electron chi connectivity index (χ3n) is 3.04. The number of nitrogens with two attached hydrogens (primary N) is 1. The van der Waals surface area contributed by atoms with E-state index in [1.54, 1.807) is 0 Å². The SMILES string of the molecule is CCOC(CN)COc1cc(C)ccc1C(C)(C)C. The van der Waals surface area contributed by atoms with Gasteiger partial charge in [0.15, 0.2) is 0 Å². The fraction of sp³-hybridized carbons (Fsp3) is 0.625. The summed E-state index contributed by atoms with van der Waals surface area (Å²) >= 11 is 0. The largest absolute Gasteiger partial charge is 0.491 e. The van der Waals surface area contributed by atoms with Crippen molar-refractivity contribution in [1.29, 1.82) is 0 Å². The fourth-order valence-electron chi connectivity index (χ4n) is 1.97. The monoisotopic (exact) mass is 265 g/mol. The molecule has 1 unspecified atom stereocenters. The molecule has 0 aliphatic heterocycles. The van der Waals surface area contributed by atoms with Crippen molar-refractivity contribution in [3.63, 3.8) is 0 Å². The van der Waals surface area contributed by atoms with Gasteiger partial charge in [-0.3, -0.25) is 0 Å². The van der Waals surface area contributed by atoms with Crippen LogP contribution in [-0.2, 0) is 10.2 Å². The highest BCUT2D eigenvalue weighted by atomic mass is 16.5. The van der Waals surface area contributed by atoms with Gasteiger partial charge in [-0.05, 0) is 36.5 Å². The minimum Gasteiger partial charge on any atom is -0.491 e. The molecule has 3 heteroatoms. The van der Waals surface area contributed by atoms with Gasteiger partial charge in [0.2, 0.25) is 0 Å². The molecule has 1 rings (SSSR count). The summed E-state index contributed by atoms with van der Waals surface area (Å²) in [6, 6.07) is 6.35. The van der Waals surface area contributed by atoms with E-state index < -0.39 is 0 Å². The van der Waals surface area contributed by atoms with E-state index in [1.807, 2.05) is 6.92 Å². The van der Waals surface area contributed by atoms with Crippen molar-refractivity contribution in [2.75, 3.05) is 19.8 Å². The van der Waals surface area contributed by atoms with Crippen LogP contribution >= 0.6 is 0 Å². The summed E-state index contributed by atoms with van der Waals surface area (Å²) in [6.45, 7) is 12.2. The van der Waals surface area contributed by atoms with Gasteiger partial charge in [0.1, 0.15) is 18.5 Å². The number of benzene rings is 1. The summed E-state index contributed by atoms with van der Waals surface area (Å²) in [5.74, 6) is 0.936. The quantitative estimate of drug-likeness (QED) is 0.860. The Kier molecular flexibility index (Phi) is 5.83. The highest BCUT2D eigenvalue weighted by Gasteiger charge is 2.19. The Labute approximate surface area is 117 Å². The maximum absolute atomic E-state index is 5.95. The van der Waals surface area contributed by atoms with Gasteiger partial charge >= 0.3 is 0 Å². The minimum absolute atomic E-state index is 0.0432. The number of hydrogen-bond donors (Lipinski definition) is 1. The molecule has 2 N–H and O–H groups in total. The Bertz CT molecular complexity index is 396. The molecule has 0 radical (unpaired) electrons. The Morgan fingerprint density at radius 3 is 2.47 bits per heavy atom. The van der Waals surface area contributed by atoms with Gasteiger partial charge in [0.05, 0.1) is 0 Å². The first-order valence-corrected chi connectivity index (χ1v) is 6.94. The van der Waals surface area contributed by atoms with E-state index in [9.17, 15) is 0 Å². The van der Waals surface area contributed by atoms with E-state index in [0.717, 1.165) is 5.75 Å². The topological polar surface area (TPSA) is 44.5 Å². The number of hydrogen-bond acceptors (Lipinski definition) is 3. The first kappa shape index (κ1) is 16.0. The van der Waals surface area contributed by atoms with Gasteiger partial charge in [-0.15, -0.1) is 0 Å². The number of rotatable bonds is 6. The van der Waals surface area contributed by atoms with Crippen LogP contribution in [0.5, 0.6) is 5.75 Å². The molecule has 0 aliphatic rings. The third kappa shape index (κ3) is 4.84. The summed E-state index contributed by atoms with van der Waals surface area (Å²) in [5, 5.41) is 0. The molecular formula is C16H27NO2. The molecule has 0 bridgehead atoms. The molecule has 0 aliphatic carbocycles. The summed E-state index contributed by atoms with van der Waals surface area (Å²) in [6.07, 6.45) is -0.0432. The second-order valence-electron chi connectivity index (χ2n) is 5.87.